The highest BCUT2D eigenvalue weighted by Gasteiger charge is 2.47. The zero-order chi connectivity index (χ0) is 15.2. The van der Waals surface area contributed by atoms with E-state index in [2.05, 4.69) is 0 Å². The lowest BCUT2D eigenvalue weighted by Gasteiger charge is -2.25. The molecule has 0 amide bonds. The van der Waals surface area contributed by atoms with Gasteiger partial charge >= 0.3 is 12.1 Å². The maximum Gasteiger partial charge on any atom is 0.407 e. The molecule has 0 saturated carbocycles. The number of carbonyl (C=O) groups excluding carboxylic acids is 1. The fourth-order valence-corrected chi connectivity index (χ4v) is 1.37. The first-order valence-electron chi connectivity index (χ1n) is 6.07. The zero-order valence-corrected chi connectivity index (χ0v) is 10.9. The van der Waals surface area contributed by atoms with Gasteiger partial charge in [-0.05, 0) is 18.6 Å². The lowest BCUT2D eigenvalue weighted by molar-refractivity contribution is -0.183. The SMILES string of the molecule is CCCOC(=O)[C@H](Oc1ccccc1)[C@@H](N)C(F)(F)F. The molecule has 0 heterocycles. The first-order valence-corrected chi connectivity index (χ1v) is 6.07. The maximum atomic E-state index is 12.7. The Balaban J connectivity index is 2.87. The Hall–Kier alpha value is -1.76. The van der Waals surface area contributed by atoms with Crippen molar-refractivity contribution in [2.45, 2.75) is 31.7 Å². The Morgan fingerprint density at radius 2 is 1.90 bits per heavy atom. The third kappa shape index (κ3) is 4.73. The fourth-order valence-electron chi connectivity index (χ4n) is 1.37. The number of alkyl halides is 3. The molecule has 0 spiro atoms. The van der Waals surface area contributed by atoms with Crippen LogP contribution < -0.4 is 10.5 Å². The van der Waals surface area contributed by atoms with E-state index < -0.39 is 24.3 Å². The molecule has 0 aliphatic rings. The number of halogens is 3. The third-order valence-corrected chi connectivity index (χ3v) is 2.39. The molecule has 2 N–H and O–H groups in total. The van der Waals surface area contributed by atoms with E-state index in [4.69, 9.17) is 15.2 Å². The van der Waals surface area contributed by atoms with Crippen molar-refractivity contribution in [3.8, 4) is 5.75 Å². The molecule has 0 saturated heterocycles. The predicted octanol–water partition coefficient (Wildman–Crippen LogP) is 2.28. The quantitative estimate of drug-likeness (QED) is 0.817. The van der Waals surface area contributed by atoms with Gasteiger partial charge in [0.25, 0.3) is 0 Å². The number of para-hydroxylation sites is 1. The maximum absolute atomic E-state index is 12.7. The van der Waals surface area contributed by atoms with E-state index in [1.165, 1.54) is 12.1 Å². The van der Waals surface area contributed by atoms with Gasteiger partial charge in [-0.1, -0.05) is 25.1 Å². The van der Waals surface area contributed by atoms with Crippen molar-refractivity contribution in [2.75, 3.05) is 6.61 Å². The van der Waals surface area contributed by atoms with Gasteiger partial charge in [0.05, 0.1) is 6.61 Å². The van der Waals surface area contributed by atoms with Crippen molar-refractivity contribution >= 4 is 5.97 Å². The van der Waals surface area contributed by atoms with Crippen LogP contribution in [0.25, 0.3) is 0 Å². The number of benzene rings is 1. The van der Waals surface area contributed by atoms with Gasteiger partial charge in [0.1, 0.15) is 11.8 Å². The molecule has 112 valence electrons. The van der Waals surface area contributed by atoms with Crippen molar-refractivity contribution in [1.82, 2.24) is 0 Å². The fraction of sp³-hybridized carbons (Fsp3) is 0.462. The lowest BCUT2D eigenvalue weighted by atomic mass is 10.1. The second kappa shape index (κ2) is 7.14. The van der Waals surface area contributed by atoms with Gasteiger partial charge in [0.2, 0.25) is 6.10 Å². The summed E-state index contributed by atoms with van der Waals surface area (Å²) in [7, 11) is 0. The Bertz CT molecular complexity index is 423. The Morgan fingerprint density at radius 1 is 1.30 bits per heavy atom. The number of hydrogen-bond donors (Lipinski definition) is 1. The average Bonchev–Trinajstić information content (AvgIpc) is 2.41. The first kappa shape index (κ1) is 16.3. The Kier molecular flexibility index (Phi) is 5.82. The monoisotopic (exact) mass is 291 g/mol. The Morgan fingerprint density at radius 3 is 2.40 bits per heavy atom. The normalized spacial score (nSPS) is 14.4. The van der Waals surface area contributed by atoms with Crippen LogP contribution in [0, 0.1) is 0 Å². The summed E-state index contributed by atoms with van der Waals surface area (Å²) in [6.07, 6.45) is -6.20. The molecule has 0 aromatic heterocycles. The van der Waals surface area contributed by atoms with Gasteiger partial charge in [-0.2, -0.15) is 13.2 Å². The summed E-state index contributed by atoms with van der Waals surface area (Å²) < 4.78 is 47.8. The van der Waals surface area contributed by atoms with Gasteiger partial charge in [0.15, 0.2) is 0 Å². The largest absolute Gasteiger partial charge is 0.477 e. The summed E-state index contributed by atoms with van der Waals surface area (Å²) >= 11 is 0. The topological polar surface area (TPSA) is 61.5 Å². The van der Waals surface area contributed by atoms with E-state index in [1.54, 1.807) is 25.1 Å². The van der Waals surface area contributed by atoms with Crippen molar-refractivity contribution < 1.29 is 27.4 Å². The second-order valence-electron chi connectivity index (χ2n) is 4.09. The van der Waals surface area contributed by atoms with Crippen molar-refractivity contribution in [1.29, 1.82) is 0 Å². The van der Waals surface area contributed by atoms with Gasteiger partial charge in [-0.25, -0.2) is 4.79 Å². The molecular weight excluding hydrogens is 275 g/mol. The molecular formula is C13H16F3NO3. The number of rotatable bonds is 6. The third-order valence-electron chi connectivity index (χ3n) is 2.39. The highest BCUT2D eigenvalue weighted by Crippen LogP contribution is 2.24. The van der Waals surface area contributed by atoms with E-state index in [1.807, 2.05) is 0 Å². The minimum atomic E-state index is -4.76. The van der Waals surface area contributed by atoms with Crippen LogP contribution in [-0.2, 0) is 9.53 Å². The minimum Gasteiger partial charge on any atom is -0.477 e. The van der Waals surface area contributed by atoms with Crippen LogP contribution in [0.4, 0.5) is 13.2 Å². The van der Waals surface area contributed by atoms with Crippen LogP contribution in [0.3, 0.4) is 0 Å². The van der Waals surface area contributed by atoms with Crippen LogP contribution in [0.5, 0.6) is 5.75 Å². The van der Waals surface area contributed by atoms with Gasteiger partial charge in [-0.15, -0.1) is 0 Å². The number of nitrogens with two attached hydrogens (primary N) is 1. The summed E-state index contributed by atoms with van der Waals surface area (Å²) in [5.74, 6) is -1.01. The van der Waals surface area contributed by atoms with E-state index in [-0.39, 0.29) is 12.4 Å². The van der Waals surface area contributed by atoms with Crippen LogP contribution in [0.15, 0.2) is 30.3 Å². The molecule has 20 heavy (non-hydrogen) atoms. The molecule has 0 unspecified atom stereocenters. The lowest BCUT2D eigenvalue weighted by Crippen LogP contribution is -2.53. The molecule has 2 atom stereocenters. The van der Waals surface area contributed by atoms with Crippen LogP contribution in [0.2, 0.25) is 0 Å². The number of carbonyl (C=O) groups is 1. The van der Waals surface area contributed by atoms with Crippen molar-refractivity contribution in [3.05, 3.63) is 30.3 Å². The summed E-state index contributed by atoms with van der Waals surface area (Å²) in [6.45, 7) is 1.74. The van der Waals surface area contributed by atoms with Gasteiger partial charge in [0, 0.05) is 0 Å². The molecule has 1 aromatic rings. The highest BCUT2D eigenvalue weighted by atomic mass is 19.4. The number of hydrogen-bond acceptors (Lipinski definition) is 4. The molecule has 1 rings (SSSR count). The number of ether oxygens (including phenoxy) is 2. The second-order valence-corrected chi connectivity index (χ2v) is 4.09. The van der Waals surface area contributed by atoms with Crippen LogP contribution in [-0.4, -0.2) is 30.9 Å². The van der Waals surface area contributed by atoms with E-state index in [9.17, 15) is 18.0 Å². The Labute approximate surface area is 114 Å². The average molecular weight is 291 g/mol. The summed E-state index contributed by atoms with van der Waals surface area (Å²) in [5.41, 5.74) is 5.06. The standard InChI is InChI=1S/C13H16F3NO3/c1-2-8-19-12(18)10(11(17)13(14,15)16)20-9-6-4-3-5-7-9/h3-7,10-11H,2,8,17H2,1H3/t10-,11-/m1/s1. The molecule has 7 heteroatoms. The molecule has 0 bridgehead atoms. The zero-order valence-electron chi connectivity index (χ0n) is 10.9. The summed E-state index contributed by atoms with van der Waals surface area (Å²) in [6, 6.07) is 5.23. The number of esters is 1. The minimum absolute atomic E-state index is 0.0120. The van der Waals surface area contributed by atoms with Crippen molar-refractivity contribution in [2.24, 2.45) is 5.73 Å². The van der Waals surface area contributed by atoms with E-state index in [0.717, 1.165) is 0 Å². The highest BCUT2D eigenvalue weighted by molar-refractivity contribution is 5.76. The van der Waals surface area contributed by atoms with E-state index >= 15 is 0 Å². The van der Waals surface area contributed by atoms with Crippen LogP contribution in [0.1, 0.15) is 13.3 Å². The van der Waals surface area contributed by atoms with Crippen LogP contribution >= 0.6 is 0 Å². The van der Waals surface area contributed by atoms with E-state index in [0.29, 0.717) is 6.42 Å². The molecule has 4 nitrogen and oxygen atoms in total. The predicted molar refractivity (Wildman–Crippen MR) is 66.1 cm³/mol. The molecule has 1 aromatic carbocycles. The van der Waals surface area contributed by atoms with Gasteiger partial charge in [-0.3, -0.25) is 0 Å². The molecule has 0 aliphatic heterocycles. The molecule has 0 aliphatic carbocycles. The van der Waals surface area contributed by atoms with Crippen molar-refractivity contribution in [3.63, 3.8) is 0 Å². The molecule has 0 fully saturated rings. The smallest absolute Gasteiger partial charge is 0.407 e. The molecule has 0 radical (unpaired) electrons. The van der Waals surface area contributed by atoms with Gasteiger partial charge < -0.3 is 15.2 Å². The first-order chi connectivity index (χ1) is 9.36. The summed E-state index contributed by atoms with van der Waals surface area (Å²) in [4.78, 5) is 11.7. The summed E-state index contributed by atoms with van der Waals surface area (Å²) in [5, 5.41) is 0.